The molecule has 2 unspecified atom stereocenters. The van der Waals surface area contributed by atoms with Crippen LogP contribution in [-0.4, -0.2) is 116 Å². The molecule has 0 aromatic heterocycles. The first-order chi connectivity index (χ1) is 14.5. The number of hydrogen-bond donors (Lipinski definition) is 10. The molecule has 0 aromatic carbocycles. The van der Waals surface area contributed by atoms with Crippen molar-refractivity contribution in [3.63, 3.8) is 0 Å². The summed E-state index contributed by atoms with van der Waals surface area (Å²) >= 11 is 0. The molecule has 0 aliphatic heterocycles. The molecular formula is C21H52O10. The van der Waals surface area contributed by atoms with Crippen LogP contribution in [0.1, 0.15) is 66.2 Å². The van der Waals surface area contributed by atoms with Crippen LogP contribution in [0.4, 0.5) is 0 Å². The second-order valence-corrected chi connectivity index (χ2v) is 7.42. The number of rotatable bonds is 12. The standard InChI is InChI=1S/2C5H12O2.2C4H10O2.C3H8O2/c1-5(2,3-6)4-7;6-4-2-1-3-5-7;1-3(5)4(2)6;5-3-1-2-4-6;4-2-1-3-5/h6-7H,3-4H2,1-2H3;6-7H,1-5H2;3-6H,1-2H3;5-6H,1-4H2;4-5H,1-3H2. The highest BCUT2D eigenvalue weighted by molar-refractivity contribution is 4.63. The van der Waals surface area contributed by atoms with E-state index < -0.39 is 12.2 Å². The second kappa shape index (κ2) is 36.9. The van der Waals surface area contributed by atoms with Gasteiger partial charge in [0.1, 0.15) is 0 Å². The molecule has 0 saturated carbocycles. The minimum atomic E-state index is -0.593. The first-order valence-electron chi connectivity index (χ1n) is 10.7. The third-order valence-electron chi connectivity index (χ3n) is 3.25. The zero-order valence-electron chi connectivity index (χ0n) is 20.0. The van der Waals surface area contributed by atoms with E-state index in [-0.39, 0.29) is 58.3 Å². The van der Waals surface area contributed by atoms with Crippen LogP contribution in [0.25, 0.3) is 0 Å². The molecule has 0 radical (unpaired) electrons. The second-order valence-electron chi connectivity index (χ2n) is 7.42. The monoisotopic (exact) mass is 464 g/mol. The van der Waals surface area contributed by atoms with Crippen molar-refractivity contribution in [2.75, 3.05) is 52.9 Å². The van der Waals surface area contributed by atoms with Gasteiger partial charge in [-0.1, -0.05) is 13.8 Å². The normalized spacial score (nSPS) is 11.8. The van der Waals surface area contributed by atoms with Crippen LogP contribution in [0.3, 0.4) is 0 Å². The van der Waals surface area contributed by atoms with Crippen molar-refractivity contribution in [1.29, 1.82) is 0 Å². The van der Waals surface area contributed by atoms with Gasteiger partial charge in [0.2, 0.25) is 0 Å². The van der Waals surface area contributed by atoms with Crippen molar-refractivity contribution in [2.24, 2.45) is 5.41 Å². The molecule has 2 atom stereocenters. The van der Waals surface area contributed by atoms with Gasteiger partial charge in [-0.05, 0) is 52.4 Å². The maximum atomic E-state index is 8.43. The summed E-state index contributed by atoms with van der Waals surface area (Å²) in [6, 6.07) is 0. The van der Waals surface area contributed by atoms with Gasteiger partial charge in [-0.25, -0.2) is 0 Å². The number of aliphatic hydroxyl groups excluding tert-OH is 10. The fourth-order valence-corrected chi connectivity index (χ4v) is 0.745. The SMILES string of the molecule is CC(C)(CO)CO.CC(O)C(C)O.OCCCCCO.OCCCCO.OCCCO. The first-order valence-corrected chi connectivity index (χ1v) is 10.7. The van der Waals surface area contributed by atoms with Crippen LogP contribution in [0.5, 0.6) is 0 Å². The van der Waals surface area contributed by atoms with E-state index in [9.17, 15) is 0 Å². The van der Waals surface area contributed by atoms with Gasteiger partial charge in [0.05, 0.1) is 25.4 Å². The van der Waals surface area contributed by atoms with E-state index in [2.05, 4.69) is 0 Å². The third-order valence-corrected chi connectivity index (χ3v) is 3.25. The van der Waals surface area contributed by atoms with Crippen molar-refractivity contribution >= 4 is 0 Å². The Kier molecular flexibility index (Phi) is 48.8. The predicted octanol–water partition coefficient (Wildman–Crippen LogP) is -1.00. The molecular weight excluding hydrogens is 412 g/mol. The summed E-state index contributed by atoms with van der Waals surface area (Å²) < 4.78 is 0. The highest BCUT2D eigenvalue weighted by Crippen LogP contribution is 2.10. The summed E-state index contributed by atoms with van der Waals surface area (Å²) in [5, 5.41) is 82.0. The van der Waals surface area contributed by atoms with E-state index in [1.165, 1.54) is 0 Å². The molecule has 196 valence electrons. The topological polar surface area (TPSA) is 202 Å². The van der Waals surface area contributed by atoms with Crippen LogP contribution < -0.4 is 0 Å². The van der Waals surface area contributed by atoms with Crippen molar-refractivity contribution in [2.45, 2.75) is 78.4 Å². The van der Waals surface area contributed by atoms with E-state index in [0.29, 0.717) is 6.42 Å². The Morgan fingerprint density at radius 2 is 0.677 bits per heavy atom. The zero-order valence-corrected chi connectivity index (χ0v) is 20.0. The van der Waals surface area contributed by atoms with Gasteiger partial charge in [0.25, 0.3) is 0 Å². The molecule has 0 fully saturated rings. The molecule has 10 N–H and O–H groups in total. The molecule has 0 heterocycles. The summed E-state index contributed by atoms with van der Waals surface area (Å²) in [5.74, 6) is 0. The molecule has 0 rings (SSSR count). The summed E-state index contributed by atoms with van der Waals surface area (Å²) in [5.41, 5.74) is -0.306. The van der Waals surface area contributed by atoms with E-state index in [1.54, 1.807) is 27.7 Å². The lowest BCUT2D eigenvalue weighted by molar-refractivity contribution is 0.0438. The number of unbranched alkanes of at least 4 members (excludes halogenated alkanes) is 3. The van der Waals surface area contributed by atoms with Crippen molar-refractivity contribution in [1.82, 2.24) is 0 Å². The Bertz CT molecular complexity index is 243. The van der Waals surface area contributed by atoms with Gasteiger partial charge < -0.3 is 51.1 Å². The molecule has 0 aliphatic carbocycles. The lowest BCUT2D eigenvalue weighted by Gasteiger charge is -2.16. The van der Waals surface area contributed by atoms with Crippen molar-refractivity contribution < 1.29 is 51.1 Å². The molecule has 10 nitrogen and oxygen atoms in total. The highest BCUT2D eigenvalue weighted by atomic mass is 16.3. The van der Waals surface area contributed by atoms with Crippen LogP contribution in [0.2, 0.25) is 0 Å². The van der Waals surface area contributed by atoms with Gasteiger partial charge in [0.15, 0.2) is 0 Å². The minimum Gasteiger partial charge on any atom is -0.396 e. The van der Waals surface area contributed by atoms with Crippen LogP contribution in [0.15, 0.2) is 0 Å². The Hall–Kier alpha value is -0.400. The van der Waals surface area contributed by atoms with Crippen molar-refractivity contribution in [3.05, 3.63) is 0 Å². The van der Waals surface area contributed by atoms with Gasteiger partial charge in [-0.15, -0.1) is 0 Å². The van der Waals surface area contributed by atoms with E-state index >= 15 is 0 Å². The molecule has 0 saturated heterocycles. The number of aliphatic hydroxyl groups is 10. The molecule has 0 bridgehead atoms. The summed E-state index contributed by atoms with van der Waals surface area (Å²) in [7, 11) is 0. The van der Waals surface area contributed by atoms with Gasteiger partial charge in [-0.3, -0.25) is 0 Å². The van der Waals surface area contributed by atoms with Crippen molar-refractivity contribution in [3.8, 4) is 0 Å². The molecule has 0 aliphatic rings. The molecule has 0 amide bonds. The molecule has 31 heavy (non-hydrogen) atoms. The Morgan fingerprint density at radius 3 is 0.774 bits per heavy atom. The lowest BCUT2D eigenvalue weighted by Crippen LogP contribution is -2.20. The van der Waals surface area contributed by atoms with E-state index in [4.69, 9.17) is 51.1 Å². The Labute approximate surface area is 188 Å². The highest BCUT2D eigenvalue weighted by Gasteiger charge is 2.13. The van der Waals surface area contributed by atoms with E-state index in [0.717, 1.165) is 32.1 Å². The van der Waals surface area contributed by atoms with Gasteiger partial charge in [-0.2, -0.15) is 0 Å². The minimum absolute atomic E-state index is 0.0451. The molecule has 0 aromatic rings. The van der Waals surface area contributed by atoms with Gasteiger partial charge >= 0.3 is 0 Å². The Balaban J connectivity index is -0.0000000913. The third kappa shape index (κ3) is 65.2. The molecule has 0 spiro atoms. The summed E-state index contributed by atoms with van der Waals surface area (Å²) in [6.45, 7) is 7.86. The summed E-state index contributed by atoms with van der Waals surface area (Å²) in [6.07, 6.45) is 3.33. The summed E-state index contributed by atoms with van der Waals surface area (Å²) in [4.78, 5) is 0. The lowest BCUT2D eigenvalue weighted by atomic mass is 9.97. The smallest absolute Gasteiger partial charge is 0.0768 e. The van der Waals surface area contributed by atoms with Gasteiger partial charge in [0, 0.05) is 45.1 Å². The first kappa shape index (κ1) is 40.9. The fraction of sp³-hybridized carbons (Fsp3) is 1.00. The zero-order chi connectivity index (χ0) is 25.6. The number of hydrogen-bond acceptors (Lipinski definition) is 10. The van der Waals surface area contributed by atoms with Crippen LogP contribution in [0, 0.1) is 5.41 Å². The predicted molar refractivity (Wildman–Crippen MR) is 122 cm³/mol. The maximum absolute atomic E-state index is 8.43. The average molecular weight is 465 g/mol. The van der Waals surface area contributed by atoms with Crippen LogP contribution >= 0.6 is 0 Å². The maximum Gasteiger partial charge on any atom is 0.0768 e. The largest absolute Gasteiger partial charge is 0.396 e. The Morgan fingerprint density at radius 1 is 0.452 bits per heavy atom. The quantitative estimate of drug-likeness (QED) is 0.160. The van der Waals surface area contributed by atoms with E-state index in [1.807, 2.05) is 0 Å². The average Bonchev–Trinajstić information content (AvgIpc) is 2.75. The van der Waals surface area contributed by atoms with Crippen LogP contribution in [-0.2, 0) is 0 Å². The fourth-order valence-electron chi connectivity index (χ4n) is 0.745. The molecule has 10 heteroatoms.